The molecule has 2 aromatic rings. The molecule has 3 rings (SSSR count). The molecule has 25 heavy (non-hydrogen) atoms. The number of hydrogen-bond acceptors (Lipinski definition) is 5. The number of hydrogen-bond donors (Lipinski definition) is 3. The number of aliphatic imine (C=N–C) groups is 1. The second-order valence-electron chi connectivity index (χ2n) is 5.79. The van der Waals surface area contributed by atoms with Crippen LogP contribution in [0.3, 0.4) is 0 Å². The van der Waals surface area contributed by atoms with Gasteiger partial charge in [0, 0.05) is 17.8 Å². The predicted octanol–water partition coefficient (Wildman–Crippen LogP) is 3.02. The highest BCUT2D eigenvalue weighted by molar-refractivity contribution is 14.0. The lowest BCUT2D eigenvalue weighted by atomic mass is 10.2. The van der Waals surface area contributed by atoms with Crippen molar-refractivity contribution in [1.29, 1.82) is 0 Å². The Morgan fingerprint density at radius 1 is 1.48 bits per heavy atom. The number of aromatic nitrogens is 3. The maximum Gasteiger partial charge on any atom is 0.216 e. The molecule has 2 aromatic heterocycles. The molecule has 1 aliphatic carbocycles. The SMILES string of the molecule is CCNC(=NCc1nc(-c2ccco2)n[nH]1)NC1CCC(SC)C1.I. The van der Waals surface area contributed by atoms with Crippen LogP contribution in [-0.2, 0) is 6.54 Å². The fourth-order valence-electron chi connectivity index (χ4n) is 2.83. The van der Waals surface area contributed by atoms with Crippen molar-refractivity contribution >= 4 is 41.7 Å². The van der Waals surface area contributed by atoms with Gasteiger partial charge in [-0.25, -0.2) is 9.98 Å². The number of thioether (sulfide) groups is 1. The molecule has 0 aromatic carbocycles. The number of nitrogens with zero attached hydrogens (tertiary/aromatic N) is 3. The first-order chi connectivity index (χ1) is 11.8. The maximum absolute atomic E-state index is 5.30. The molecule has 1 fully saturated rings. The molecule has 1 aliphatic rings. The number of rotatable bonds is 6. The van der Waals surface area contributed by atoms with Gasteiger partial charge in [-0.05, 0) is 44.6 Å². The number of halogens is 1. The van der Waals surface area contributed by atoms with E-state index in [9.17, 15) is 0 Å². The lowest BCUT2D eigenvalue weighted by Gasteiger charge is -2.17. The predicted molar refractivity (Wildman–Crippen MR) is 112 cm³/mol. The van der Waals surface area contributed by atoms with Gasteiger partial charge in [0.15, 0.2) is 11.7 Å². The monoisotopic (exact) mass is 476 g/mol. The summed E-state index contributed by atoms with van der Waals surface area (Å²) in [7, 11) is 0. The molecule has 0 saturated heterocycles. The average molecular weight is 476 g/mol. The van der Waals surface area contributed by atoms with E-state index < -0.39 is 0 Å². The minimum absolute atomic E-state index is 0. The van der Waals surface area contributed by atoms with Gasteiger partial charge in [0.05, 0.1) is 6.26 Å². The first-order valence-corrected chi connectivity index (χ1v) is 9.60. The Kier molecular flexibility index (Phi) is 8.07. The molecule has 0 bridgehead atoms. The van der Waals surface area contributed by atoms with Crippen molar-refractivity contribution in [2.24, 2.45) is 4.99 Å². The highest BCUT2D eigenvalue weighted by Gasteiger charge is 2.24. The van der Waals surface area contributed by atoms with Crippen LogP contribution in [0.1, 0.15) is 32.0 Å². The third-order valence-electron chi connectivity index (χ3n) is 4.06. The first kappa shape index (κ1) is 20.1. The van der Waals surface area contributed by atoms with E-state index in [0.717, 1.165) is 17.8 Å². The Bertz CT molecular complexity index is 659. The van der Waals surface area contributed by atoms with E-state index >= 15 is 0 Å². The molecular formula is C16H25IN6OS. The largest absolute Gasteiger partial charge is 0.461 e. The van der Waals surface area contributed by atoms with Crippen LogP contribution in [0.15, 0.2) is 27.8 Å². The molecule has 3 N–H and O–H groups in total. The smallest absolute Gasteiger partial charge is 0.216 e. The van der Waals surface area contributed by atoms with Crippen molar-refractivity contribution in [2.45, 2.75) is 44.0 Å². The maximum atomic E-state index is 5.30. The van der Waals surface area contributed by atoms with Gasteiger partial charge >= 0.3 is 0 Å². The van der Waals surface area contributed by atoms with Crippen LogP contribution in [-0.4, -0.2) is 45.2 Å². The molecule has 0 amide bonds. The van der Waals surface area contributed by atoms with E-state index in [1.165, 1.54) is 19.3 Å². The lowest BCUT2D eigenvalue weighted by Crippen LogP contribution is -2.42. The van der Waals surface area contributed by atoms with E-state index in [2.05, 4.69) is 44.0 Å². The standard InChI is InChI=1S/C16H24N6OS.HI/c1-3-17-16(19-11-6-7-12(9-11)24-2)18-10-14-20-15(22-21-14)13-5-4-8-23-13;/h4-5,8,11-12H,3,6-7,9-10H2,1-2H3,(H2,17,18,19)(H,20,21,22);1H. The van der Waals surface area contributed by atoms with Gasteiger partial charge in [-0.3, -0.25) is 5.10 Å². The van der Waals surface area contributed by atoms with E-state index in [-0.39, 0.29) is 24.0 Å². The summed E-state index contributed by atoms with van der Waals surface area (Å²) in [6.45, 7) is 3.35. The summed E-state index contributed by atoms with van der Waals surface area (Å²) in [4.78, 5) is 9.03. The van der Waals surface area contributed by atoms with Gasteiger partial charge in [0.25, 0.3) is 0 Å². The molecule has 2 atom stereocenters. The first-order valence-electron chi connectivity index (χ1n) is 8.31. The van der Waals surface area contributed by atoms with Crippen molar-refractivity contribution in [3.05, 3.63) is 24.2 Å². The molecule has 2 unspecified atom stereocenters. The molecular weight excluding hydrogens is 451 g/mol. The van der Waals surface area contributed by atoms with Gasteiger partial charge in [-0.2, -0.15) is 11.8 Å². The zero-order valence-electron chi connectivity index (χ0n) is 14.5. The van der Waals surface area contributed by atoms with E-state index in [1.54, 1.807) is 6.26 Å². The van der Waals surface area contributed by atoms with Gasteiger partial charge in [0.1, 0.15) is 12.4 Å². The van der Waals surface area contributed by atoms with Crippen LogP contribution in [0.2, 0.25) is 0 Å². The van der Waals surface area contributed by atoms with Gasteiger partial charge in [-0.1, -0.05) is 0 Å². The summed E-state index contributed by atoms with van der Waals surface area (Å²) in [5.74, 6) is 2.76. The number of guanidine groups is 1. The topological polar surface area (TPSA) is 91.1 Å². The third kappa shape index (κ3) is 5.63. The number of furan rings is 1. The van der Waals surface area contributed by atoms with E-state index in [4.69, 9.17) is 4.42 Å². The summed E-state index contributed by atoms with van der Waals surface area (Å²) < 4.78 is 5.30. The summed E-state index contributed by atoms with van der Waals surface area (Å²) in [6.07, 6.45) is 7.46. The molecule has 2 heterocycles. The molecule has 0 spiro atoms. The van der Waals surface area contributed by atoms with Crippen LogP contribution < -0.4 is 10.6 Å². The zero-order valence-corrected chi connectivity index (χ0v) is 17.6. The van der Waals surface area contributed by atoms with Crippen LogP contribution in [0.4, 0.5) is 0 Å². The lowest BCUT2D eigenvalue weighted by molar-refractivity contribution is 0.577. The molecule has 0 aliphatic heterocycles. The molecule has 0 radical (unpaired) electrons. The number of aromatic amines is 1. The van der Waals surface area contributed by atoms with Crippen LogP contribution >= 0.6 is 35.7 Å². The highest BCUT2D eigenvalue weighted by atomic mass is 127. The number of nitrogens with one attached hydrogen (secondary N) is 3. The molecule has 7 nitrogen and oxygen atoms in total. The van der Waals surface area contributed by atoms with E-state index in [1.807, 2.05) is 23.9 Å². The Morgan fingerprint density at radius 3 is 3.04 bits per heavy atom. The molecule has 1 saturated carbocycles. The summed E-state index contributed by atoms with van der Waals surface area (Å²) >= 11 is 1.96. The molecule has 138 valence electrons. The Balaban J connectivity index is 0.00000225. The quantitative estimate of drug-likeness (QED) is 0.338. The summed E-state index contributed by atoms with van der Waals surface area (Å²) in [5, 5.41) is 14.7. The van der Waals surface area contributed by atoms with Crippen molar-refractivity contribution in [2.75, 3.05) is 12.8 Å². The fourth-order valence-corrected chi connectivity index (χ4v) is 3.63. The van der Waals surface area contributed by atoms with Crippen LogP contribution in [0.5, 0.6) is 0 Å². The van der Waals surface area contributed by atoms with Gasteiger partial charge in [-0.15, -0.1) is 29.1 Å². The fraction of sp³-hybridized carbons (Fsp3) is 0.562. The van der Waals surface area contributed by atoms with Crippen molar-refractivity contribution in [3.8, 4) is 11.6 Å². The Morgan fingerprint density at radius 2 is 2.36 bits per heavy atom. The van der Waals surface area contributed by atoms with Crippen molar-refractivity contribution in [1.82, 2.24) is 25.8 Å². The minimum Gasteiger partial charge on any atom is -0.461 e. The van der Waals surface area contributed by atoms with Crippen molar-refractivity contribution < 1.29 is 4.42 Å². The Hall–Kier alpha value is -1.23. The van der Waals surface area contributed by atoms with Crippen LogP contribution in [0, 0.1) is 0 Å². The Labute approximate surface area is 169 Å². The van der Waals surface area contributed by atoms with Crippen LogP contribution in [0.25, 0.3) is 11.6 Å². The summed E-state index contributed by atoms with van der Waals surface area (Å²) in [6, 6.07) is 4.15. The van der Waals surface area contributed by atoms with E-state index in [0.29, 0.717) is 30.0 Å². The second-order valence-corrected chi connectivity index (χ2v) is 6.93. The second kappa shape index (κ2) is 10.0. The van der Waals surface area contributed by atoms with Gasteiger partial charge in [0.2, 0.25) is 5.82 Å². The minimum atomic E-state index is 0. The summed E-state index contributed by atoms with van der Waals surface area (Å²) in [5.41, 5.74) is 0. The highest BCUT2D eigenvalue weighted by Crippen LogP contribution is 2.28. The normalized spacial score (nSPS) is 20.3. The van der Waals surface area contributed by atoms with Crippen molar-refractivity contribution in [3.63, 3.8) is 0 Å². The number of H-pyrrole nitrogens is 1. The third-order valence-corrected chi connectivity index (χ3v) is 5.16. The zero-order chi connectivity index (χ0) is 16.8. The average Bonchev–Trinajstić information content (AvgIpc) is 3.33. The molecule has 9 heteroatoms. The van der Waals surface area contributed by atoms with Gasteiger partial charge < -0.3 is 15.1 Å².